The van der Waals surface area contributed by atoms with Crippen molar-refractivity contribution in [3.63, 3.8) is 0 Å². The van der Waals surface area contributed by atoms with Crippen LogP contribution >= 0.6 is 0 Å². The Morgan fingerprint density at radius 2 is 1.96 bits per heavy atom. The summed E-state index contributed by atoms with van der Waals surface area (Å²) in [7, 11) is 0. The molecule has 1 aromatic heterocycles. The van der Waals surface area contributed by atoms with E-state index in [1.807, 2.05) is 0 Å². The number of hydrogen-bond donors (Lipinski definition) is 2. The highest BCUT2D eigenvalue weighted by Gasteiger charge is 2.26. The molecule has 0 fully saturated rings. The molecule has 2 amide bonds. The Morgan fingerprint density at radius 1 is 1.26 bits per heavy atom. The first-order valence-electron chi connectivity index (χ1n) is 7.18. The second kappa shape index (κ2) is 7.04. The molecule has 0 aliphatic rings. The van der Waals surface area contributed by atoms with Gasteiger partial charge < -0.3 is 15.2 Å². The van der Waals surface area contributed by atoms with Crippen molar-refractivity contribution < 1.29 is 18.5 Å². The van der Waals surface area contributed by atoms with Gasteiger partial charge in [-0.3, -0.25) is 9.59 Å². The molecular weight excluding hydrogens is 301 g/mol. The van der Waals surface area contributed by atoms with Gasteiger partial charge in [0.05, 0.1) is 5.56 Å². The van der Waals surface area contributed by atoms with Gasteiger partial charge >= 0.3 is 0 Å². The number of anilines is 1. The molecule has 0 aliphatic heterocycles. The number of rotatable bonds is 5. The molecule has 7 heteroatoms. The average Bonchev–Trinajstić information content (AvgIpc) is 2.89. The van der Waals surface area contributed by atoms with Crippen molar-refractivity contribution in [2.45, 2.75) is 26.8 Å². The first-order valence-corrected chi connectivity index (χ1v) is 7.18. The molecule has 0 aliphatic carbocycles. The number of aromatic nitrogens is 1. The lowest BCUT2D eigenvalue weighted by atomic mass is 10.0. The van der Waals surface area contributed by atoms with Crippen LogP contribution in [0.15, 0.2) is 34.9 Å². The summed E-state index contributed by atoms with van der Waals surface area (Å²) in [5.41, 5.74) is -0.108. The molecule has 0 bridgehead atoms. The Morgan fingerprint density at radius 3 is 2.52 bits per heavy atom. The van der Waals surface area contributed by atoms with Crippen LogP contribution in [0.4, 0.5) is 10.2 Å². The molecule has 2 aromatic rings. The van der Waals surface area contributed by atoms with E-state index in [4.69, 9.17) is 4.52 Å². The quantitative estimate of drug-likeness (QED) is 0.887. The summed E-state index contributed by atoms with van der Waals surface area (Å²) in [6.07, 6.45) is 0. The Balaban J connectivity index is 2.10. The number of halogens is 1. The number of nitrogens with one attached hydrogen (secondary N) is 2. The van der Waals surface area contributed by atoms with Crippen LogP contribution < -0.4 is 10.6 Å². The number of amides is 2. The van der Waals surface area contributed by atoms with E-state index in [1.165, 1.54) is 18.2 Å². The van der Waals surface area contributed by atoms with Crippen LogP contribution in [0.1, 0.15) is 30.0 Å². The summed E-state index contributed by atoms with van der Waals surface area (Å²) >= 11 is 0. The lowest BCUT2D eigenvalue weighted by Crippen LogP contribution is -2.47. The molecule has 2 N–H and O–H groups in total. The van der Waals surface area contributed by atoms with E-state index < -0.39 is 23.7 Å². The summed E-state index contributed by atoms with van der Waals surface area (Å²) in [5.74, 6) is -1.11. The van der Waals surface area contributed by atoms with E-state index in [2.05, 4.69) is 15.8 Å². The van der Waals surface area contributed by atoms with Crippen molar-refractivity contribution in [2.75, 3.05) is 5.32 Å². The fourth-order valence-corrected chi connectivity index (χ4v) is 2.03. The van der Waals surface area contributed by atoms with Gasteiger partial charge in [0.1, 0.15) is 17.6 Å². The van der Waals surface area contributed by atoms with Gasteiger partial charge in [0.25, 0.3) is 5.91 Å². The maximum absolute atomic E-state index is 13.7. The first-order chi connectivity index (χ1) is 10.9. The van der Waals surface area contributed by atoms with E-state index in [0.29, 0.717) is 5.76 Å². The standard InChI is InChI=1S/C16H18FN3O3/c1-9(2)14(16(22)18-13-8-10(3)23-20-13)19-15(21)11-6-4-5-7-12(11)17/h4-9,14H,1-3H3,(H,19,21)(H,18,20,22)/t14-/m0/s1. The van der Waals surface area contributed by atoms with E-state index in [9.17, 15) is 14.0 Å². The molecule has 122 valence electrons. The lowest BCUT2D eigenvalue weighted by Gasteiger charge is -2.21. The summed E-state index contributed by atoms with van der Waals surface area (Å²) in [5, 5.41) is 8.78. The highest BCUT2D eigenvalue weighted by Crippen LogP contribution is 2.12. The zero-order valence-electron chi connectivity index (χ0n) is 13.1. The van der Waals surface area contributed by atoms with Crippen molar-refractivity contribution in [2.24, 2.45) is 5.92 Å². The van der Waals surface area contributed by atoms with Crippen molar-refractivity contribution in [1.29, 1.82) is 0 Å². The van der Waals surface area contributed by atoms with Crippen LogP contribution in [0.5, 0.6) is 0 Å². The van der Waals surface area contributed by atoms with Crippen LogP contribution in [0, 0.1) is 18.7 Å². The Kier molecular flexibility index (Phi) is 5.10. The van der Waals surface area contributed by atoms with Crippen LogP contribution in [-0.2, 0) is 4.79 Å². The smallest absolute Gasteiger partial charge is 0.254 e. The Labute approximate surface area is 133 Å². The van der Waals surface area contributed by atoms with Crippen LogP contribution in [0.2, 0.25) is 0 Å². The number of benzene rings is 1. The molecule has 0 saturated carbocycles. The molecule has 0 radical (unpaired) electrons. The summed E-state index contributed by atoms with van der Waals surface area (Å²) in [4.78, 5) is 24.5. The third-order valence-corrected chi connectivity index (χ3v) is 3.23. The minimum atomic E-state index is -0.834. The Hall–Kier alpha value is -2.70. The average molecular weight is 319 g/mol. The van der Waals surface area contributed by atoms with Gasteiger partial charge in [-0.05, 0) is 25.0 Å². The van der Waals surface area contributed by atoms with Crippen LogP contribution in [-0.4, -0.2) is 23.0 Å². The highest BCUT2D eigenvalue weighted by molar-refractivity contribution is 6.01. The first kappa shape index (κ1) is 16.7. The van der Waals surface area contributed by atoms with Crippen LogP contribution in [0.3, 0.4) is 0 Å². The molecule has 1 atom stereocenters. The van der Waals surface area contributed by atoms with Crippen molar-refractivity contribution in [3.05, 3.63) is 47.5 Å². The zero-order chi connectivity index (χ0) is 17.0. The van der Waals surface area contributed by atoms with E-state index in [0.717, 1.165) is 0 Å². The van der Waals surface area contributed by atoms with Gasteiger partial charge in [-0.2, -0.15) is 0 Å². The predicted molar refractivity (Wildman–Crippen MR) is 82.4 cm³/mol. The van der Waals surface area contributed by atoms with Gasteiger partial charge in [0, 0.05) is 6.07 Å². The van der Waals surface area contributed by atoms with E-state index in [1.54, 1.807) is 32.9 Å². The fraction of sp³-hybridized carbons (Fsp3) is 0.312. The van der Waals surface area contributed by atoms with E-state index >= 15 is 0 Å². The van der Waals surface area contributed by atoms with Crippen molar-refractivity contribution in [1.82, 2.24) is 10.5 Å². The molecule has 0 unspecified atom stereocenters. The molecule has 23 heavy (non-hydrogen) atoms. The number of hydrogen-bond acceptors (Lipinski definition) is 4. The van der Waals surface area contributed by atoms with E-state index in [-0.39, 0.29) is 17.3 Å². The normalized spacial score (nSPS) is 12.0. The Bertz CT molecular complexity index is 712. The van der Waals surface area contributed by atoms with Gasteiger partial charge in [0.2, 0.25) is 5.91 Å². The fourth-order valence-electron chi connectivity index (χ4n) is 2.03. The summed E-state index contributed by atoms with van der Waals surface area (Å²) in [6.45, 7) is 5.25. The molecule has 1 heterocycles. The number of nitrogens with zero attached hydrogens (tertiary/aromatic N) is 1. The molecule has 2 rings (SSSR count). The second-order valence-corrected chi connectivity index (χ2v) is 5.49. The summed E-state index contributed by atoms with van der Waals surface area (Å²) in [6, 6.07) is 6.33. The third kappa shape index (κ3) is 4.15. The second-order valence-electron chi connectivity index (χ2n) is 5.49. The lowest BCUT2D eigenvalue weighted by molar-refractivity contribution is -0.118. The topological polar surface area (TPSA) is 84.2 Å². The molecule has 0 spiro atoms. The molecular formula is C16H18FN3O3. The summed E-state index contributed by atoms with van der Waals surface area (Å²) < 4.78 is 18.5. The van der Waals surface area contributed by atoms with Crippen molar-refractivity contribution >= 4 is 17.6 Å². The third-order valence-electron chi connectivity index (χ3n) is 3.23. The van der Waals surface area contributed by atoms with Gasteiger partial charge in [-0.25, -0.2) is 4.39 Å². The highest BCUT2D eigenvalue weighted by atomic mass is 19.1. The van der Waals surface area contributed by atoms with Crippen molar-refractivity contribution in [3.8, 4) is 0 Å². The molecule has 6 nitrogen and oxygen atoms in total. The number of carbonyl (C=O) groups excluding carboxylic acids is 2. The largest absolute Gasteiger partial charge is 0.360 e. The number of carbonyl (C=O) groups is 2. The predicted octanol–water partition coefficient (Wildman–Crippen LogP) is 2.52. The van der Waals surface area contributed by atoms with Crippen LogP contribution in [0.25, 0.3) is 0 Å². The van der Waals surface area contributed by atoms with Gasteiger partial charge in [0.15, 0.2) is 5.82 Å². The minimum absolute atomic E-state index is 0.108. The van der Waals surface area contributed by atoms with Gasteiger partial charge in [-0.1, -0.05) is 31.1 Å². The number of aryl methyl sites for hydroxylation is 1. The molecule has 0 saturated heterocycles. The maximum atomic E-state index is 13.7. The maximum Gasteiger partial charge on any atom is 0.254 e. The monoisotopic (exact) mass is 319 g/mol. The molecule has 1 aromatic carbocycles. The minimum Gasteiger partial charge on any atom is -0.360 e. The SMILES string of the molecule is Cc1cc(NC(=O)[C@@H](NC(=O)c2ccccc2F)C(C)C)no1. The zero-order valence-corrected chi connectivity index (χ0v) is 13.1. The van der Waals surface area contributed by atoms with Gasteiger partial charge in [-0.15, -0.1) is 0 Å².